The second kappa shape index (κ2) is 8.05. The highest BCUT2D eigenvalue weighted by Crippen LogP contribution is 2.34. The summed E-state index contributed by atoms with van der Waals surface area (Å²) >= 11 is 2.13. The molecule has 0 unspecified atom stereocenters. The summed E-state index contributed by atoms with van der Waals surface area (Å²) < 4.78 is 16.8. The summed E-state index contributed by atoms with van der Waals surface area (Å²) in [6, 6.07) is 10.6. The Morgan fingerprint density at radius 3 is 2.39 bits per heavy atom. The molecule has 5 nitrogen and oxygen atoms in total. The second-order valence-corrected chi connectivity index (χ2v) is 5.77. The van der Waals surface area contributed by atoms with E-state index < -0.39 is 0 Å². The Hall–Kier alpha value is -1.96. The van der Waals surface area contributed by atoms with E-state index in [1.54, 1.807) is 50.6 Å². The van der Waals surface area contributed by atoms with Gasteiger partial charge in [0.05, 0.1) is 24.4 Å². The predicted octanol–water partition coefficient (Wildman–Crippen LogP) is 3.96. The molecule has 0 radical (unpaired) electrons. The zero-order valence-electron chi connectivity index (χ0n) is 13.2. The van der Waals surface area contributed by atoms with Crippen molar-refractivity contribution >= 4 is 34.2 Å². The van der Waals surface area contributed by atoms with Crippen molar-refractivity contribution in [3.63, 3.8) is 0 Å². The lowest BCUT2D eigenvalue weighted by Crippen LogP contribution is -2.12. The highest BCUT2D eigenvalue weighted by atomic mass is 127. The van der Waals surface area contributed by atoms with Crippen molar-refractivity contribution in [1.82, 2.24) is 0 Å². The summed E-state index contributed by atoms with van der Waals surface area (Å²) in [6.45, 7) is 2.43. The van der Waals surface area contributed by atoms with Gasteiger partial charge in [-0.15, -0.1) is 0 Å². The smallest absolute Gasteiger partial charge is 0.255 e. The zero-order chi connectivity index (χ0) is 16.8. The maximum absolute atomic E-state index is 12.4. The number of ether oxygens (including phenoxy) is 3. The van der Waals surface area contributed by atoms with Crippen LogP contribution in [-0.2, 0) is 0 Å². The standard InChI is InChI=1S/C17H18INO4/c1-4-23-16-14(18)9-11(10-15(16)22-3)17(20)19-12-5-7-13(21-2)8-6-12/h5-10H,4H2,1-3H3,(H,19,20). The maximum Gasteiger partial charge on any atom is 0.255 e. The van der Waals surface area contributed by atoms with Crippen LogP contribution < -0.4 is 19.5 Å². The average Bonchev–Trinajstić information content (AvgIpc) is 2.57. The van der Waals surface area contributed by atoms with Crippen LogP contribution in [0, 0.1) is 3.57 Å². The lowest BCUT2D eigenvalue weighted by molar-refractivity contribution is 0.102. The Morgan fingerprint density at radius 1 is 1.13 bits per heavy atom. The van der Waals surface area contributed by atoms with Crippen molar-refractivity contribution in [2.75, 3.05) is 26.1 Å². The van der Waals surface area contributed by atoms with Gasteiger partial charge in [-0.1, -0.05) is 0 Å². The number of rotatable bonds is 6. The molecule has 0 aliphatic rings. The van der Waals surface area contributed by atoms with Crippen LogP contribution in [0.4, 0.5) is 5.69 Å². The van der Waals surface area contributed by atoms with E-state index in [1.165, 1.54) is 0 Å². The van der Waals surface area contributed by atoms with E-state index in [2.05, 4.69) is 27.9 Å². The average molecular weight is 427 g/mol. The number of methoxy groups -OCH3 is 2. The van der Waals surface area contributed by atoms with Crippen molar-refractivity contribution in [2.45, 2.75) is 6.92 Å². The summed E-state index contributed by atoms with van der Waals surface area (Å²) in [5.41, 5.74) is 1.20. The minimum Gasteiger partial charge on any atom is -0.497 e. The summed E-state index contributed by atoms with van der Waals surface area (Å²) in [7, 11) is 3.15. The van der Waals surface area contributed by atoms with Gasteiger partial charge in [-0.3, -0.25) is 4.79 Å². The minimum atomic E-state index is -0.213. The molecular formula is C17H18INO4. The fraction of sp³-hybridized carbons (Fsp3) is 0.235. The van der Waals surface area contributed by atoms with Crippen molar-refractivity contribution in [2.24, 2.45) is 0 Å². The van der Waals surface area contributed by atoms with Gasteiger partial charge in [0.2, 0.25) is 0 Å². The van der Waals surface area contributed by atoms with Gasteiger partial charge in [0.1, 0.15) is 5.75 Å². The third kappa shape index (κ3) is 4.28. The molecule has 122 valence electrons. The first kappa shape index (κ1) is 17.4. The van der Waals surface area contributed by atoms with Crippen LogP contribution in [0.5, 0.6) is 17.2 Å². The summed E-state index contributed by atoms with van der Waals surface area (Å²) in [5, 5.41) is 2.85. The Labute approximate surface area is 149 Å². The van der Waals surface area contributed by atoms with Crippen LogP contribution in [0.15, 0.2) is 36.4 Å². The van der Waals surface area contributed by atoms with E-state index in [9.17, 15) is 4.79 Å². The Balaban J connectivity index is 2.22. The quantitative estimate of drug-likeness (QED) is 0.710. The van der Waals surface area contributed by atoms with E-state index in [4.69, 9.17) is 14.2 Å². The number of anilines is 1. The Bertz CT molecular complexity index is 686. The number of benzene rings is 2. The molecule has 0 aromatic heterocycles. The van der Waals surface area contributed by atoms with Gasteiger partial charge in [-0.05, 0) is 65.9 Å². The molecule has 23 heavy (non-hydrogen) atoms. The molecule has 0 atom stereocenters. The SMILES string of the molecule is CCOc1c(I)cc(C(=O)Nc2ccc(OC)cc2)cc1OC. The minimum absolute atomic E-state index is 0.213. The van der Waals surface area contributed by atoms with E-state index in [1.807, 2.05) is 6.92 Å². The molecule has 2 rings (SSSR count). The molecule has 6 heteroatoms. The fourth-order valence-electron chi connectivity index (χ4n) is 2.01. The molecule has 1 amide bonds. The maximum atomic E-state index is 12.4. The third-order valence-electron chi connectivity index (χ3n) is 3.13. The summed E-state index contributed by atoms with van der Waals surface area (Å²) in [5.74, 6) is 1.71. The van der Waals surface area contributed by atoms with Gasteiger partial charge in [-0.25, -0.2) is 0 Å². The Kier molecular flexibility index (Phi) is 6.09. The van der Waals surface area contributed by atoms with Crippen LogP contribution >= 0.6 is 22.6 Å². The van der Waals surface area contributed by atoms with Gasteiger partial charge in [0, 0.05) is 11.3 Å². The number of hydrogen-bond donors (Lipinski definition) is 1. The van der Waals surface area contributed by atoms with Gasteiger partial charge in [-0.2, -0.15) is 0 Å². The number of halogens is 1. The van der Waals surface area contributed by atoms with E-state index >= 15 is 0 Å². The lowest BCUT2D eigenvalue weighted by Gasteiger charge is -2.13. The first-order chi connectivity index (χ1) is 11.1. The van der Waals surface area contributed by atoms with Gasteiger partial charge in [0.15, 0.2) is 11.5 Å². The molecule has 0 spiro atoms. The topological polar surface area (TPSA) is 56.8 Å². The number of hydrogen-bond acceptors (Lipinski definition) is 4. The Morgan fingerprint density at radius 2 is 1.83 bits per heavy atom. The normalized spacial score (nSPS) is 10.1. The van der Waals surface area contributed by atoms with E-state index in [0.717, 1.165) is 9.32 Å². The summed E-state index contributed by atoms with van der Waals surface area (Å²) in [6.07, 6.45) is 0. The molecule has 0 bridgehead atoms. The van der Waals surface area contributed by atoms with Crippen molar-refractivity contribution in [1.29, 1.82) is 0 Å². The molecule has 0 fully saturated rings. The van der Waals surface area contributed by atoms with Crippen LogP contribution in [0.3, 0.4) is 0 Å². The molecule has 2 aromatic carbocycles. The molecule has 0 saturated carbocycles. The van der Waals surface area contributed by atoms with Crippen LogP contribution in [0.2, 0.25) is 0 Å². The van der Waals surface area contributed by atoms with Crippen LogP contribution in [-0.4, -0.2) is 26.7 Å². The first-order valence-electron chi connectivity index (χ1n) is 7.04. The highest BCUT2D eigenvalue weighted by Gasteiger charge is 2.15. The van der Waals surface area contributed by atoms with Crippen LogP contribution in [0.25, 0.3) is 0 Å². The molecule has 0 saturated heterocycles. The zero-order valence-corrected chi connectivity index (χ0v) is 15.3. The summed E-state index contributed by atoms with van der Waals surface area (Å²) in [4.78, 5) is 12.4. The fourth-order valence-corrected chi connectivity index (χ4v) is 2.77. The molecular weight excluding hydrogens is 409 g/mol. The monoisotopic (exact) mass is 427 g/mol. The molecule has 2 aromatic rings. The molecule has 0 aliphatic carbocycles. The highest BCUT2D eigenvalue weighted by molar-refractivity contribution is 14.1. The number of carbonyl (C=O) groups is 1. The van der Waals surface area contributed by atoms with E-state index in [0.29, 0.717) is 29.4 Å². The number of carbonyl (C=O) groups excluding carboxylic acids is 1. The van der Waals surface area contributed by atoms with Crippen LogP contribution in [0.1, 0.15) is 17.3 Å². The van der Waals surface area contributed by atoms with Crippen molar-refractivity contribution < 1.29 is 19.0 Å². The molecule has 1 N–H and O–H groups in total. The molecule has 0 heterocycles. The number of amides is 1. The van der Waals surface area contributed by atoms with Gasteiger partial charge in [0.25, 0.3) is 5.91 Å². The third-order valence-corrected chi connectivity index (χ3v) is 3.93. The number of nitrogens with one attached hydrogen (secondary N) is 1. The van der Waals surface area contributed by atoms with Crippen molar-refractivity contribution in [3.05, 3.63) is 45.5 Å². The van der Waals surface area contributed by atoms with E-state index in [-0.39, 0.29) is 5.91 Å². The lowest BCUT2D eigenvalue weighted by atomic mass is 10.1. The van der Waals surface area contributed by atoms with Crippen molar-refractivity contribution in [3.8, 4) is 17.2 Å². The second-order valence-electron chi connectivity index (χ2n) is 4.61. The van der Waals surface area contributed by atoms with Gasteiger partial charge < -0.3 is 19.5 Å². The largest absolute Gasteiger partial charge is 0.497 e. The first-order valence-corrected chi connectivity index (χ1v) is 8.12. The van der Waals surface area contributed by atoms with Gasteiger partial charge >= 0.3 is 0 Å². The molecule has 0 aliphatic heterocycles. The predicted molar refractivity (Wildman–Crippen MR) is 97.8 cm³/mol.